The van der Waals surface area contributed by atoms with E-state index in [4.69, 9.17) is 5.11 Å². The summed E-state index contributed by atoms with van der Waals surface area (Å²) in [4.78, 5) is 14.8. The van der Waals surface area contributed by atoms with Gasteiger partial charge in [0.05, 0.1) is 15.8 Å². The lowest BCUT2D eigenvalue weighted by Crippen LogP contribution is -2.00. The lowest BCUT2D eigenvalue weighted by Gasteiger charge is -1.99. The Morgan fingerprint density at radius 2 is 2.38 bits per heavy atom. The summed E-state index contributed by atoms with van der Waals surface area (Å²) in [6.07, 6.45) is 1.41. The standard InChI is InChI=1S/C9H7NO2S/c1-5-6(9(11)12)4-10-7-2-3-13-8(5)7/h2-4H,1H3,(H,11,12). The Morgan fingerprint density at radius 3 is 3.08 bits per heavy atom. The minimum Gasteiger partial charge on any atom is -0.478 e. The number of fused-ring (bicyclic) bond motifs is 1. The minimum absolute atomic E-state index is 0.287. The van der Waals surface area contributed by atoms with Crippen LogP contribution < -0.4 is 0 Å². The van der Waals surface area contributed by atoms with E-state index >= 15 is 0 Å². The number of pyridine rings is 1. The van der Waals surface area contributed by atoms with E-state index in [0.717, 1.165) is 15.8 Å². The first kappa shape index (κ1) is 8.19. The predicted octanol–water partition coefficient (Wildman–Crippen LogP) is 2.30. The largest absolute Gasteiger partial charge is 0.478 e. The van der Waals surface area contributed by atoms with Gasteiger partial charge in [-0.3, -0.25) is 4.98 Å². The van der Waals surface area contributed by atoms with Gasteiger partial charge in [0.1, 0.15) is 0 Å². The zero-order valence-corrected chi connectivity index (χ0v) is 7.76. The molecule has 0 spiro atoms. The highest BCUT2D eigenvalue weighted by Gasteiger charge is 2.10. The van der Waals surface area contributed by atoms with Gasteiger partial charge in [-0.05, 0) is 23.9 Å². The molecule has 4 heteroatoms. The molecular weight excluding hydrogens is 186 g/mol. The van der Waals surface area contributed by atoms with Crippen LogP contribution in [0.3, 0.4) is 0 Å². The van der Waals surface area contributed by atoms with Gasteiger partial charge in [-0.25, -0.2) is 4.79 Å². The van der Waals surface area contributed by atoms with Crippen LogP contribution in [0.25, 0.3) is 10.2 Å². The quantitative estimate of drug-likeness (QED) is 0.756. The first-order valence-corrected chi connectivity index (χ1v) is 4.64. The van der Waals surface area contributed by atoms with Crippen molar-refractivity contribution >= 4 is 27.5 Å². The fourth-order valence-electron chi connectivity index (χ4n) is 1.25. The SMILES string of the molecule is Cc1c(C(=O)O)cnc2ccsc12. The lowest BCUT2D eigenvalue weighted by atomic mass is 10.1. The average molecular weight is 193 g/mol. The topological polar surface area (TPSA) is 50.2 Å². The van der Waals surface area contributed by atoms with Crippen molar-refractivity contribution in [2.45, 2.75) is 6.92 Å². The average Bonchev–Trinajstić information content (AvgIpc) is 2.52. The maximum absolute atomic E-state index is 10.8. The molecule has 66 valence electrons. The van der Waals surface area contributed by atoms with Crippen LogP contribution in [0, 0.1) is 6.92 Å². The van der Waals surface area contributed by atoms with Gasteiger partial charge >= 0.3 is 5.97 Å². The molecular formula is C9H7NO2S. The van der Waals surface area contributed by atoms with E-state index in [1.165, 1.54) is 17.5 Å². The molecule has 0 saturated heterocycles. The molecule has 0 bridgehead atoms. The molecule has 1 N–H and O–H groups in total. The van der Waals surface area contributed by atoms with Gasteiger partial charge in [0.2, 0.25) is 0 Å². The van der Waals surface area contributed by atoms with Crippen LogP contribution in [0.1, 0.15) is 15.9 Å². The summed E-state index contributed by atoms with van der Waals surface area (Å²) >= 11 is 1.52. The maximum atomic E-state index is 10.8. The second kappa shape index (κ2) is 2.81. The van der Waals surface area contributed by atoms with Crippen LogP contribution in [-0.4, -0.2) is 16.1 Å². The minimum atomic E-state index is -0.916. The highest BCUT2D eigenvalue weighted by atomic mass is 32.1. The summed E-state index contributed by atoms with van der Waals surface area (Å²) in [6.45, 7) is 1.81. The summed E-state index contributed by atoms with van der Waals surface area (Å²) < 4.78 is 0.958. The van der Waals surface area contributed by atoms with Crippen molar-refractivity contribution in [3.05, 3.63) is 28.8 Å². The number of aromatic nitrogens is 1. The first-order valence-electron chi connectivity index (χ1n) is 3.76. The number of carboxylic acids is 1. The number of carbonyl (C=O) groups is 1. The Hall–Kier alpha value is -1.42. The zero-order chi connectivity index (χ0) is 9.42. The van der Waals surface area contributed by atoms with Crippen molar-refractivity contribution in [3.63, 3.8) is 0 Å². The molecule has 2 aromatic rings. The van der Waals surface area contributed by atoms with E-state index in [2.05, 4.69) is 4.98 Å². The van der Waals surface area contributed by atoms with Gasteiger partial charge in [0.25, 0.3) is 0 Å². The molecule has 0 aliphatic carbocycles. The van der Waals surface area contributed by atoms with Gasteiger partial charge in [-0.1, -0.05) is 0 Å². The molecule has 2 heterocycles. The van der Waals surface area contributed by atoms with Gasteiger partial charge in [0, 0.05) is 6.20 Å². The Bertz CT molecular complexity index is 475. The molecule has 0 atom stereocenters. The molecule has 13 heavy (non-hydrogen) atoms. The van der Waals surface area contributed by atoms with E-state index in [1.54, 1.807) is 0 Å². The van der Waals surface area contributed by atoms with Crippen molar-refractivity contribution < 1.29 is 9.90 Å². The molecule has 0 aliphatic rings. The van der Waals surface area contributed by atoms with Gasteiger partial charge in [-0.15, -0.1) is 11.3 Å². The van der Waals surface area contributed by atoms with E-state index in [9.17, 15) is 4.79 Å². The summed E-state index contributed by atoms with van der Waals surface area (Å²) in [5, 5.41) is 10.7. The Labute approximate surface area is 78.7 Å². The monoisotopic (exact) mass is 193 g/mol. The number of hydrogen-bond acceptors (Lipinski definition) is 3. The Kier molecular flexibility index (Phi) is 1.77. The number of rotatable bonds is 1. The lowest BCUT2D eigenvalue weighted by molar-refractivity contribution is 0.0696. The fraction of sp³-hybridized carbons (Fsp3) is 0.111. The van der Waals surface area contributed by atoms with Crippen molar-refractivity contribution in [3.8, 4) is 0 Å². The van der Waals surface area contributed by atoms with Gasteiger partial charge in [0.15, 0.2) is 0 Å². The Balaban J connectivity index is 2.80. The molecule has 0 saturated carbocycles. The maximum Gasteiger partial charge on any atom is 0.337 e. The number of carboxylic acid groups (broad SMARTS) is 1. The summed E-state index contributed by atoms with van der Waals surface area (Å²) in [7, 11) is 0. The van der Waals surface area contributed by atoms with E-state index in [0.29, 0.717) is 0 Å². The van der Waals surface area contributed by atoms with Crippen LogP contribution in [0.15, 0.2) is 17.6 Å². The summed E-state index contributed by atoms with van der Waals surface area (Å²) in [6, 6.07) is 1.89. The predicted molar refractivity (Wildman–Crippen MR) is 51.3 cm³/mol. The molecule has 3 nitrogen and oxygen atoms in total. The molecule has 0 radical (unpaired) electrons. The number of thiophene rings is 1. The van der Waals surface area contributed by atoms with Crippen LogP contribution in [0.2, 0.25) is 0 Å². The molecule has 2 rings (SSSR count). The van der Waals surface area contributed by atoms with E-state index in [-0.39, 0.29) is 5.56 Å². The second-order valence-corrected chi connectivity index (χ2v) is 3.65. The Morgan fingerprint density at radius 1 is 1.62 bits per heavy atom. The molecule has 0 amide bonds. The summed E-state index contributed by atoms with van der Waals surface area (Å²) in [5.41, 5.74) is 1.95. The third-order valence-corrected chi connectivity index (χ3v) is 2.98. The molecule has 0 fully saturated rings. The third kappa shape index (κ3) is 1.19. The summed E-state index contributed by atoms with van der Waals surface area (Å²) in [5.74, 6) is -0.916. The zero-order valence-electron chi connectivity index (χ0n) is 6.94. The van der Waals surface area contributed by atoms with Crippen molar-refractivity contribution in [2.24, 2.45) is 0 Å². The fourth-order valence-corrected chi connectivity index (χ4v) is 2.11. The van der Waals surface area contributed by atoms with Crippen LogP contribution in [0.5, 0.6) is 0 Å². The van der Waals surface area contributed by atoms with E-state index < -0.39 is 5.97 Å². The van der Waals surface area contributed by atoms with Gasteiger partial charge < -0.3 is 5.11 Å². The van der Waals surface area contributed by atoms with Gasteiger partial charge in [-0.2, -0.15) is 0 Å². The van der Waals surface area contributed by atoms with Crippen molar-refractivity contribution in [2.75, 3.05) is 0 Å². The number of hydrogen-bond donors (Lipinski definition) is 1. The van der Waals surface area contributed by atoms with Crippen LogP contribution in [0.4, 0.5) is 0 Å². The third-order valence-electron chi connectivity index (χ3n) is 1.95. The first-order chi connectivity index (χ1) is 6.20. The number of nitrogens with zero attached hydrogens (tertiary/aromatic N) is 1. The highest BCUT2D eigenvalue weighted by Crippen LogP contribution is 2.24. The second-order valence-electron chi connectivity index (χ2n) is 2.74. The molecule has 0 unspecified atom stereocenters. The van der Waals surface area contributed by atoms with E-state index in [1.807, 2.05) is 18.4 Å². The molecule has 0 aliphatic heterocycles. The molecule has 0 aromatic carbocycles. The van der Waals surface area contributed by atoms with Crippen LogP contribution in [-0.2, 0) is 0 Å². The highest BCUT2D eigenvalue weighted by molar-refractivity contribution is 7.17. The van der Waals surface area contributed by atoms with Crippen molar-refractivity contribution in [1.82, 2.24) is 4.98 Å². The van der Waals surface area contributed by atoms with Crippen LogP contribution >= 0.6 is 11.3 Å². The van der Waals surface area contributed by atoms with Crippen molar-refractivity contribution in [1.29, 1.82) is 0 Å². The smallest absolute Gasteiger partial charge is 0.337 e. The molecule has 2 aromatic heterocycles. The number of aryl methyl sites for hydroxylation is 1. The normalized spacial score (nSPS) is 10.5. The number of aromatic carboxylic acids is 1.